The summed E-state index contributed by atoms with van der Waals surface area (Å²) in [6, 6.07) is 3.16. The highest BCUT2D eigenvalue weighted by molar-refractivity contribution is 5.99. The Bertz CT molecular complexity index is 788. The molecule has 0 unspecified atom stereocenters. The van der Waals surface area contributed by atoms with Crippen molar-refractivity contribution in [1.29, 1.82) is 0 Å². The lowest BCUT2D eigenvalue weighted by Gasteiger charge is -2.38. The lowest BCUT2D eigenvalue weighted by Crippen LogP contribution is -2.50. The number of fused-ring (bicyclic) bond motifs is 3. The summed E-state index contributed by atoms with van der Waals surface area (Å²) >= 11 is 0. The number of carbonyl (C=O) groups is 2. The lowest BCUT2D eigenvalue weighted by molar-refractivity contribution is -0.138. The fourth-order valence-electron chi connectivity index (χ4n) is 3.91. The Hall–Kier alpha value is -2.29. The molecule has 2 heterocycles. The van der Waals surface area contributed by atoms with Crippen LogP contribution in [0.2, 0.25) is 0 Å². The van der Waals surface area contributed by atoms with Crippen LogP contribution < -0.4 is 0 Å². The maximum Gasteiger partial charge on any atom is 0.417 e. The van der Waals surface area contributed by atoms with Crippen molar-refractivity contribution < 1.29 is 32.6 Å². The number of benzene rings is 1. The number of aliphatic hydroxyl groups excluding tert-OH is 1. The zero-order chi connectivity index (χ0) is 20.9. The number of likely N-dealkylation sites (tertiary alicyclic amines) is 1. The minimum absolute atomic E-state index is 0.103. The third kappa shape index (κ3) is 3.67. The van der Waals surface area contributed by atoms with Crippen molar-refractivity contribution in [2.75, 3.05) is 26.2 Å². The molecule has 2 aliphatic heterocycles. The Kier molecular flexibility index (Phi) is 5.07. The van der Waals surface area contributed by atoms with Crippen LogP contribution in [0.5, 0.6) is 0 Å². The van der Waals surface area contributed by atoms with Crippen molar-refractivity contribution in [3.8, 4) is 0 Å². The van der Waals surface area contributed by atoms with Gasteiger partial charge < -0.3 is 19.6 Å². The predicted octanol–water partition coefficient (Wildman–Crippen LogP) is 2.86. The van der Waals surface area contributed by atoms with Crippen LogP contribution >= 0.6 is 0 Å². The fourth-order valence-corrected chi connectivity index (χ4v) is 3.91. The summed E-state index contributed by atoms with van der Waals surface area (Å²) in [7, 11) is 0. The van der Waals surface area contributed by atoms with Gasteiger partial charge in [-0.1, -0.05) is 12.1 Å². The number of carbonyl (C=O) groups excluding carboxylic acids is 2. The van der Waals surface area contributed by atoms with Crippen LogP contribution in [0.25, 0.3) is 0 Å². The molecule has 1 aromatic rings. The van der Waals surface area contributed by atoms with E-state index < -0.39 is 46.9 Å². The number of rotatable bonds is 2. The van der Waals surface area contributed by atoms with E-state index in [9.17, 15) is 27.9 Å². The molecule has 1 N–H and O–H groups in total. The van der Waals surface area contributed by atoms with E-state index in [4.69, 9.17) is 4.74 Å². The zero-order valence-corrected chi connectivity index (χ0v) is 15.9. The van der Waals surface area contributed by atoms with Crippen LogP contribution in [0, 0.1) is 0 Å². The summed E-state index contributed by atoms with van der Waals surface area (Å²) in [5.74, 6) is -1.25. The third-order valence-electron chi connectivity index (χ3n) is 4.96. The van der Waals surface area contributed by atoms with Crippen LogP contribution in [-0.2, 0) is 10.9 Å². The predicted molar refractivity (Wildman–Crippen MR) is 93.9 cm³/mol. The largest absolute Gasteiger partial charge is 0.444 e. The second-order valence-electron chi connectivity index (χ2n) is 8.05. The van der Waals surface area contributed by atoms with Gasteiger partial charge in [0.25, 0.3) is 5.91 Å². The molecule has 0 saturated carbocycles. The van der Waals surface area contributed by atoms with E-state index >= 15 is 0 Å². The monoisotopic (exact) mass is 400 g/mol. The highest BCUT2D eigenvalue weighted by Gasteiger charge is 2.49. The average molecular weight is 400 g/mol. The summed E-state index contributed by atoms with van der Waals surface area (Å²) in [6.07, 6.45) is -5.26. The highest BCUT2D eigenvalue weighted by Crippen LogP contribution is 2.43. The van der Waals surface area contributed by atoms with E-state index in [2.05, 4.69) is 0 Å². The van der Waals surface area contributed by atoms with Gasteiger partial charge >= 0.3 is 12.3 Å². The Labute approximate surface area is 160 Å². The van der Waals surface area contributed by atoms with E-state index in [1.165, 1.54) is 21.9 Å². The molecule has 154 valence electrons. The van der Waals surface area contributed by atoms with Gasteiger partial charge in [0.15, 0.2) is 0 Å². The first-order chi connectivity index (χ1) is 12.9. The number of aliphatic hydroxyl groups is 1. The van der Waals surface area contributed by atoms with Crippen LogP contribution in [0.1, 0.15) is 48.2 Å². The minimum atomic E-state index is -4.68. The molecule has 0 bridgehead atoms. The second kappa shape index (κ2) is 6.95. The first-order valence-corrected chi connectivity index (χ1v) is 9.04. The van der Waals surface area contributed by atoms with Gasteiger partial charge in [0.05, 0.1) is 23.8 Å². The van der Waals surface area contributed by atoms with E-state index in [1.54, 1.807) is 20.8 Å². The van der Waals surface area contributed by atoms with Crippen LogP contribution in [-0.4, -0.2) is 64.8 Å². The maximum atomic E-state index is 13.5. The topological polar surface area (TPSA) is 70.1 Å². The molecule has 2 amide bonds. The van der Waals surface area contributed by atoms with Gasteiger partial charge in [-0.3, -0.25) is 4.79 Å². The quantitative estimate of drug-likeness (QED) is 0.829. The summed E-state index contributed by atoms with van der Waals surface area (Å²) in [5.41, 5.74) is -1.82. The number of amides is 2. The molecule has 1 aromatic carbocycles. The normalized spacial score (nSPS) is 22.2. The molecule has 2 aliphatic rings. The van der Waals surface area contributed by atoms with Gasteiger partial charge in [0.1, 0.15) is 5.60 Å². The van der Waals surface area contributed by atoms with E-state index in [0.29, 0.717) is 0 Å². The Morgan fingerprint density at radius 3 is 2.50 bits per heavy atom. The Morgan fingerprint density at radius 2 is 1.93 bits per heavy atom. The number of ether oxygens (including phenoxy) is 1. The SMILES string of the molecule is CC(C)(C)OC(=O)N1C[C@@H]2c3cccc(C(F)(F)F)c3C(=O)N(CCO)[C@H]2C1. The van der Waals surface area contributed by atoms with Crippen molar-refractivity contribution in [3.05, 3.63) is 34.9 Å². The van der Waals surface area contributed by atoms with Gasteiger partial charge in [-0.05, 0) is 32.4 Å². The molecule has 0 spiro atoms. The number of β-amino-alcohol motifs (C(OH)–C–C–N with tert-alkyl or cyclic N) is 1. The average Bonchev–Trinajstić information content (AvgIpc) is 3.01. The summed E-state index contributed by atoms with van der Waals surface area (Å²) < 4.78 is 45.8. The van der Waals surface area contributed by atoms with Gasteiger partial charge in [-0.2, -0.15) is 13.2 Å². The lowest BCUT2D eigenvalue weighted by atomic mass is 9.82. The molecule has 9 heteroatoms. The number of hydrogen-bond donors (Lipinski definition) is 1. The van der Waals surface area contributed by atoms with E-state index in [0.717, 1.165) is 6.07 Å². The Balaban J connectivity index is 2.02. The molecule has 0 aromatic heterocycles. The highest BCUT2D eigenvalue weighted by atomic mass is 19.4. The number of alkyl halides is 3. The molecule has 1 fully saturated rings. The van der Waals surface area contributed by atoms with Crippen molar-refractivity contribution in [2.45, 2.75) is 44.5 Å². The van der Waals surface area contributed by atoms with Crippen LogP contribution in [0.15, 0.2) is 18.2 Å². The molecule has 3 rings (SSSR count). The zero-order valence-electron chi connectivity index (χ0n) is 15.9. The smallest absolute Gasteiger partial charge is 0.417 e. The van der Waals surface area contributed by atoms with Gasteiger partial charge in [0, 0.05) is 25.6 Å². The number of hydrogen-bond acceptors (Lipinski definition) is 4. The van der Waals surface area contributed by atoms with Gasteiger partial charge in [0.2, 0.25) is 0 Å². The number of halogens is 3. The standard InChI is InChI=1S/C19H23F3N2O4/c1-18(2,3)28-17(27)23-9-12-11-5-4-6-13(19(20,21)22)15(11)16(26)24(7-8-25)14(12)10-23/h4-6,12,14,25H,7-10H2,1-3H3/t12-,14+/m1/s1. The first-order valence-electron chi connectivity index (χ1n) is 9.04. The first kappa shape index (κ1) is 20.4. The van der Waals surface area contributed by atoms with Crippen molar-refractivity contribution in [1.82, 2.24) is 9.80 Å². The van der Waals surface area contributed by atoms with Gasteiger partial charge in [-0.15, -0.1) is 0 Å². The minimum Gasteiger partial charge on any atom is -0.444 e. The number of nitrogens with zero attached hydrogens (tertiary/aromatic N) is 2. The third-order valence-corrected chi connectivity index (χ3v) is 4.96. The molecular weight excluding hydrogens is 377 g/mol. The van der Waals surface area contributed by atoms with Crippen molar-refractivity contribution >= 4 is 12.0 Å². The fraction of sp³-hybridized carbons (Fsp3) is 0.579. The van der Waals surface area contributed by atoms with Crippen LogP contribution in [0.3, 0.4) is 0 Å². The molecule has 6 nitrogen and oxygen atoms in total. The van der Waals surface area contributed by atoms with Gasteiger partial charge in [-0.25, -0.2) is 4.79 Å². The van der Waals surface area contributed by atoms with E-state index in [1.807, 2.05) is 0 Å². The van der Waals surface area contributed by atoms with Crippen molar-refractivity contribution in [3.63, 3.8) is 0 Å². The summed E-state index contributed by atoms with van der Waals surface area (Å²) in [6.45, 7) is 4.96. The van der Waals surface area contributed by atoms with E-state index in [-0.39, 0.29) is 31.8 Å². The van der Waals surface area contributed by atoms with Crippen molar-refractivity contribution in [2.24, 2.45) is 0 Å². The molecule has 2 atom stereocenters. The molecule has 0 aliphatic carbocycles. The summed E-state index contributed by atoms with van der Waals surface area (Å²) in [4.78, 5) is 28.0. The Morgan fingerprint density at radius 1 is 1.25 bits per heavy atom. The van der Waals surface area contributed by atoms with Crippen LogP contribution in [0.4, 0.5) is 18.0 Å². The molecule has 28 heavy (non-hydrogen) atoms. The molecule has 1 saturated heterocycles. The summed E-state index contributed by atoms with van der Waals surface area (Å²) in [5, 5.41) is 9.34. The maximum absolute atomic E-state index is 13.5. The second-order valence-corrected chi connectivity index (χ2v) is 8.05. The molecule has 0 radical (unpaired) electrons. The molecular formula is C19H23F3N2O4.